The summed E-state index contributed by atoms with van der Waals surface area (Å²) in [4.78, 5) is 28.5. The van der Waals surface area contributed by atoms with E-state index in [2.05, 4.69) is 15.6 Å². The molecular weight excluding hydrogens is 318 g/mol. The highest BCUT2D eigenvalue weighted by atomic mass is 16.5. The topological polar surface area (TPSA) is 80.3 Å². The van der Waals surface area contributed by atoms with Crippen molar-refractivity contribution in [3.8, 4) is 5.88 Å². The first-order valence-corrected chi connectivity index (χ1v) is 8.22. The van der Waals surface area contributed by atoms with Crippen molar-refractivity contribution in [3.63, 3.8) is 0 Å². The van der Waals surface area contributed by atoms with Crippen molar-refractivity contribution in [1.82, 2.24) is 15.6 Å². The monoisotopic (exact) mass is 341 g/mol. The Morgan fingerprint density at radius 2 is 2.00 bits per heavy atom. The number of carbonyl (C=O) groups is 2. The van der Waals surface area contributed by atoms with Gasteiger partial charge in [0, 0.05) is 24.3 Å². The van der Waals surface area contributed by atoms with Gasteiger partial charge in [-0.15, -0.1) is 0 Å². The van der Waals surface area contributed by atoms with Gasteiger partial charge in [0.15, 0.2) is 0 Å². The molecule has 2 rings (SSSR count). The molecule has 1 atom stereocenters. The molecule has 2 N–H and O–H groups in total. The van der Waals surface area contributed by atoms with E-state index in [4.69, 9.17) is 4.74 Å². The van der Waals surface area contributed by atoms with Gasteiger partial charge in [-0.1, -0.05) is 19.1 Å². The number of nitrogens with zero attached hydrogens (tertiary/aromatic N) is 1. The van der Waals surface area contributed by atoms with Crippen LogP contribution in [0.15, 0.2) is 42.6 Å². The second kappa shape index (κ2) is 8.82. The van der Waals surface area contributed by atoms with Gasteiger partial charge in [-0.05, 0) is 43.2 Å². The van der Waals surface area contributed by atoms with Crippen LogP contribution < -0.4 is 15.4 Å². The zero-order valence-corrected chi connectivity index (χ0v) is 14.7. The van der Waals surface area contributed by atoms with Gasteiger partial charge >= 0.3 is 0 Å². The normalized spacial score (nSPS) is 11.5. The summed E-state index contributed by atoms with van der Waals surface area (Å²) in [5.41, 5.74) is 1.79. The van der Waals surface area contributed by atoms with Gasteiger partial charge in [0.05, 0.1) is 7.11 Å². The van der Waals surface area contributed by atoms with Crippen LogP contribution in [0.2, 0.25) is 0 Å². The van der Waals surface area contributed by atoms with Crippen molar-refractivity contribution in [2.75, 3.05) is 7.11 Å². The number of ether oxygens (including phenoxy) is 1. The maximum absolute atomic E-state index is 12.3. The molecule has 2 amide bonds. The minimum absolute atomic E-state index is 0.114. The third-order valence-electron chi connectivity index (χ3n) is 3.84. The number of hydrogen-bond donors (Lipinski definition) is 2. The lowest BCUT2D eigenvalue weighted by Crippen LogP contribution is -2.32. The Balaban J connectivity index is 2.02. The molecule has 1 unspecified atom stereocenters. The van der Waals surface area contributed by atoms with Crippen LogP contribution in [0, 0.1) is 0 Å². The van der Waals surface area contributed by atoms with Crippen LogP contribution in [-0.4, -0.2) is 29.9 Å². The molecule has 0 saturated carbocycles. The number of amides is 2. The summed E-state index contributed by atoms with van der Waals surface area (Å²) in [6, 6.07) is 10.6. The number of rotatable bonds is 7. The quantitative estimate of drug-likeness (QED) is 0.811. The maximum atomic E-state index is 12.3. The minimum Gasteiger partial charge on any atom is -0.480 e. The molecule has 0 aliphatic carbocycles. The van der Waals surface area contributed by atoms with Crippen molar-refractivity contribution in [2.24, 2.45) is 0 Å². The molecule has 25 heavy (non-hydrogen) atoms. The Morgan fingerprint density at radius 3 is 2.72 bits per heavy atom. The van der Waals surface area contributed by atoms with Crippen molar-refractivity contribution in [2.45, 2.75) is 32.9 Å². The van der Waals surface area contributed by atoms with Gasteiger partial charge in [-0.2, -0.15) is 0 Å². The van der Waals surface area contributed by atoms with Crippen molar-refractivity contribution >= 4 is 11.8 Å². The number of benzene rings is 1. The maximum Gasteiger partial charge on any atom is 0.257 e. The van der Waals surface area contributed by atoms with Crippen LogP contribution in [0.4, 0.5) is 0 Å². The second-order valence-corrected chi connectivity index (χ2v) is 5.73. The third-order valence-corrected chi connectivity index (χ3v) is 3.84. The molecule has 6 heteroatoms. The highest BCUT2D eigenvalue weighted by Crippen LogP contribution is 2.13. The fourth-order valence-electron chi connectivity index (χ4n) is 2.24. The lowest BCUT2D eigenvalue weighted by molar-refractivity contribution is 0.0936. The molecule has 0 aliphatic heterocycles. The summed E-state index contributed by atoms with van der Waals surface area (Å²) < 4.78 is 5.09. The van der Waals surface area contributed by atoms with E-state index in [0.717, 1.165) is 12.0 Å². The van der Waals surface area contributed by atoms with E-state index in [1.807, 2.05) is 19.9 Å². The van der Waals surface area contributed by atoms with Gasteiger partial charge in [-0.3, -0.25) is 9.59 Å². The molecule has 1 aromatic heterocycles. The fraction of sp³-hybridized carbons (Fsp3) is 0.316. The molecule has 1 heterocycles. The van der Waals surface area contributed by atoms with E-state index in [0.29, 0.717) is 17.7 Å². The van der Waals surface area contributed by atoms with Crippen LogP contribution in [0.3, 0.4) is 0 Å². The van der Waals surface area contributed by atoms with E-state index in [1.54, 1.807) is 36.5 Å². The van der Waals surface area contributed by atoms with Gasteiger partial charge in [0.25, 0.3) is 11.8 Å². The summed E-state index contributed by atoms with van der Waals surface area (Å²) in [7, 11) is 1.47. The first-order chi connectivity index (χ1) is 12.0. The number of pyridine rings is 1. The van der Waals surface area contributed by atoms with Crippen LogP contribution in [-0.2, 0) is 6.54 Å². The second-order valence-electron chi connectivity index (χ2n) is 5.73. The largest absolute Gasteiger partial charge is 0.480 e. The van der Waals surface area contributed by atoms with E-state index >= 15 is 0 Å². The zero-order valence-electron chi connectivity index (χ0n) is 14.7. The van der Waals surface area contributed by atoms with Gasteiger partial charge in [-0.25, -0.2) is 4.98 Å². The van der Waals surface area contributed by atoms with E-state index in [9.17, 15) is 9.59 Å². The average Bonchev–Trinajstić information content (AvgIpc) is 2.66. The summed E-state index contributed by atoms with van der Waals surface area (Å²) >= 11 is 0. The van der Waals surface area contributed by atoms with Crippen LogP contribution in [0.1, 0.15) is 46.5 Å². The Bertz CT molecular complexity index is 746. The summed E-state index contributed by atoms with van der Waals surface area (Å²) in [6.45, 7) is 4.29. The van der Waals surface area contributed by atoms with Gasteiger partial charge in [0.1, 0.15) is 5.56 Å². The molecule has 132 valence electrons. The van der Waals surface area contributed by atoms with Crippen molar-refractivity contribution in [1.29, 1.82) is 0 Å². The first kappa shape index (κ1) is 18.4. The number of carbonyl (C=O) groups excluding carboxylic acids is 2. The SMILES string of the molecule is CCC(C)NC(=O)c1cccc(CNC(=O)c2cccnc2OC)c1. The number of nitrogens with one attached hydrogen (secondary N) is 2. The fourth-order valence-corrected chi connectivity index (χ4v) is 2.24. The summed E-state index contributed by atoms with van der Waals surface area (Å²) in [5.74, 6) is -0.113. The van der Waals surface area contributed by atoms with Crippen molar-refractivity contribution in [3.05, 3.63) is 59.3 Å². The molecular formula is C19H23N3O3. The lowest BCUT2D eigenvalue weighted by atomic mass is 10.1. The standard InChI is InChI=1S/C19H23N3O3/c1-4-13(2)22-17(23)15-8-5-7-14(11-15)12-21-18(24)16-9-6-10-20-19(16)25-3/h5-11,13H,4,12H2,1-3H3,(H,21,24)(H,22,23). The molecule has 1 aromatic carbocycles. The Morgan fingerprint density at radius 1 is 1.20 bits per heavy atom. The van der Waals surface area contributed by atoms with Crippen LogP contribution in [0.5, 0.6) is 5.88 Å². The number of methoxy groups -OCH3 is 1. The predicted octanol–water partition coefficient (Wildman–Crippen LogP) is 2.55. The Labute approximate surface area is 147 Å². The minimum atomic E-state index is -0.278. The molecule has 6 nitrogen and oxygen atoms in total. The molecule has 0 radical (unpaired) electrons. The smallest absolute Gasteiger partial charge is 0.257 e. The average molecular weight is 341 g/mol. The van der Waals surface area contributed by atoms with Crippen molar-refractivity contribution < 1.29 is 14.3 Å². The van der Waals surface area contributed by atoms with E-state index in [1.165, 1.54) is 7.11 Å². The lowest BCUT2D eigenvalue weighted by Gasteiger charge is -2.12. The van der Waals surface area contributed by atoms with Gasteiger partial charge < -0.3 is 15.4 Å². The predicted molar refractivity (Wildman–Crippen MR) is 95.6 cm³/mol. The summed E-state index contributed by atoms with van der Waals surface area (Å²) in [5, 5.41) is 5.75. The van der Waals surface area contributed by atoms with E-state index in [-0.39, 0.29) is 23.7 Å². The number of hydrogen-bond acceptors (Lipinski definition) is 4. The zero-order chi connectivity index (χ0) is 18.2. The number of aromatic nitrogens is 1. The van der Waals surface area contributed by atoms with E-state index < -0.39 is 0 Å². The molecule has 0 aliphatic rings. The third kappa shape index (κ3) is 5.04. The summed E-state index contributed by atoms with van der Waals surface area (Å²) in [6.07, 6.45) is 2.43. The van der Waals surface area contributed by atoms with Crippen LogP contribution >= 0.6 is 0 Å². The molecule has 0 bridgehead atoms. The molecule has 0 saturated heterocycles. The van der Waals surface area contributed by atoms with Gasteiger partial charge in [0.2, 0.25) is 5.88 Å². The molecule has 2 aromatic rings. The van der Waals surface area contributed by atoms with Crippen LogP contribution in [0.25, 0.3) is 0 Å². The molecule has 0 spiro atoms. The highest BCUT2D eigenvalue weighted by molar-refractivity contribution is 5.96. The Hall–Kier alpha value is -2.89. The first-order valence-electron chi connectivity index (χ1n) is 8.22. The molecule has 0 fully saturated rings. The highest BCUT2D eigenvalue weighted by Gasteiger charge is 2.13. The Kier molecular flexibility index (Phi) is 6.51.